The molecular formula is C21H19N5OS. The number of rotatable bonds is 7. The first kappa shape index (κ1) is 18.2. The van der Waals surface area contributed by atoms with Crippen LogP contribution in [0.1, 0.15) is 5.56 Å². The minimum Gasteiger partial charge on any atom is -0.497 e. The highest BCUT2D eigenvalue weighted by Crippen LogP contribution is 2.29. The maximum absolute atomic E-state index is 5.29. The molecule has 6 nitrogen and oxygen atoms in total. The van der Waals surface area contributed by atoms with Gasteiger partial charge in [0.05, 0.1) is 7.11 Å². The van der Waals surface area contributed by atoms with Crippen LogP contribution in [0.25, 0.3) is 17.1 Å². The highest BCUT2D eigenvalue weighted by molar-refractivity contribution is 7.99. The zero-order chi connectivity index (χ0) is 19.2. The van der Waals surface area contributed by atoms with Crippen molar-refractivity contribution in [3.05, 3.63) is 78.9 Å². The van der Waals surface area contributed by atoms with E-state index in [0.29, 0.717) is 0 Å². The molecule has 0 saturated heterocycles. The van der Waals surface area contributed by atoms with Crippen LogP contribution in [0.2, 0.25) is 0 Å². The molecule has 0 amide bonds. The second-order valence-electron chi connectivity index (χ2n) is 6.03. The van der Waals surface area contributed by atoms with Crippen molar-refractivity contribution in [2.75, 3.05) is 12.9 Å². The van der Waals surface area contributed by atoms with E-state index in [1.807, 2.05) is 60.9 Å². The molecule has 7 heteroatoms. The SMILES string of the molecule is COc1ccc(-n2c(SCCc3ccncc3)nnc2-c2ccncc2)cc1. The van der Waals surface area contributed by atoms with E-state index >= 15 is 0 Å². The maximum Gasteiger partial charge on any atom is 0.196 e. The third-order valence-electron chi connectivity index (χ3n) is 4.27. The van der Waals surface area contributed by atoms with Crippen LogP contribution >= 0.6 is 11.8 Å². The molecule has 0 N–H and O–H groups in total. The second kappa shape index (κ2) is 8.67. The summed E-state index contributed by atoms with van der Waals surface area (Å²) in [6, 6.07) is 15.9. The normalized spacial score (nSPS) is 10.8. The van der Waals surface area contributed by atoms with E-state index in [2.05, 4.69) is 24.7 Å². The lowest BCUT2D eigenvalue weighted by Crippen LogP contribution is -2.01. The molecular weight excluding hydrogens is 370 g/mol. The maximum atomic E-state index is 5.29. The Morgan fingerprint density at radius 2 is 1.54 bits per heavy atom. The van der Waals surface area contributed by atoms with E-state index in [9.17, 15) is 0 Å². The molecule has 0 radical (unpaired) electrons. The van der Waals surface area contributed by atoms with Crippen LogP contribution in [0.15, 0.2) is 78.5 Å². The molecule has 3 aromatic heterocycles. The molecule has 0 fully saturated rings. The van der Waals surface area contributed by atoms with Crippen molar-refractivity contribution in [3.63, 3.8) is 0 Å². The van der Waals surface area contributed by atoms with Crippen molar-refractivity contribution in [1.82, 2.24) is 24.7 Å². The van der Waals surface area contributed by atoms with Crippen molar-refractivity contribution in [1.29, 1.82) is 0 Å². The van der Waals surface area contributed by atoms with E-state index in [-0.39, 0.29) is 0 Å². The van der Waals surface area contributed by atoms with Crippen LogP contribution in [-0.4, -0.2) is 37.6 Å². The topological polar surface area (TPSA) is 65.7 Å². The van der Waals surface area contributed by atoms with E-state index in [1.165, 1.54) is 5.56 Å². The first-order valence-corrected chi connectivity index (χ1v) is 9.85. The summed E-state index contributed by atoms with van der Waals surface area (Å²) >= 11 is 1.68. The van der Waals surface area contributed by atoms with Gasteiger partial charge in [-0.3, -0.25) is 14.5 Å². The van der Waals surface area contributed by atoms with Gasteiger partial charge in [-0.15, -0.1) is 10.2 Å². The zero-order valence-electron chi connectivity index (χ0n) is 15.4. The van der Waals surface area contributed by atoms with E-state index in [4.69, 9.17) is 4.74 Å². The van der Waals surface area contributed by atoms with Crippen LogP contribution in [0.5, 0.6) is 5.75 Å². The average Bonchev–Trinajstić information content (AvgIpc) is 3.19. The van der Waals surface area contributed by atoms with E-state index in [1.54, 1.807) is 31.3 Å². The molecule has 4 rings (SSSR count). The first-order valence-electron chi connectivity index (χ1n) is 8.87. The Balaban J connectivity index is 1.64. The van der Waals surface area contributed by atoms with Gasteiger partial charge in [-0.2, -0.15) is 0 Å². The predicted octanol–water partition coefficient (Wildman–Crippen LogP) is 4.07. The van der Waals surface area contributed by atoms with Gasteiger partial charge in [0.15, 0.2) is 11.0 Å². The summed E-state index contributed by atoms with van der Waals surface area (Å²) < 4.78 is 7.36. The molecule has 0 atom stereocenters. The Morgan fingerprint density at radius 3 is 2.21 bits per heavy atom. The quantitative estimate of drug-likeness (QED) is 0.444. The number of aromatic nitrogens is 5. The number of hydrogen-bond acceptors (Lipinski definition) is 6. The van der Waals surface area contributed by atoms with Crippen LogP contribution < -0.4 is 4.74 Å². The molecule has 28 heavy (non-hydrogen) atoms. The third kappa shape index (κ3) is 4.04. The predicted molar refractivity (Wildman–Crippen MR) is 110 cm³/mol. The molecule has 0 aliphatic rings. The van der Waals surface area contributed by atoms with E-state index < -0.39 is 0 Å². The minimum atomic E-state index is 0.791. The number of nitrogens with zero attached hydrogens (tertiary/aromatic N) is 5. The summed E-state index contributed by atoms with van der Waals surface area (Å²) in [5, 5.41) is 9.76. The van der Waals surface area contributed by atoms with Gasteiger partial charge >= 0.3 is 0 Å². The number of thioether (sulfide) groups is 1. The third-order valence-corrected chi connectivity index (χ3v) is 5.20. The molecule has 1 aromatic carbocycles. The van der Waals surface area contributed by atoms with Crippen molar-refractivity contribution >= 4 is 11.8 Å². The number of pyridine rings is 2. The van der Waals surface area contributed by atoms with Crippen molar-refractivity contribution in [2.24, 2.45) is 0 Å². The van der Waals surface area contributed by atoms with Crippen LogP contribution in [0.3, 0.4) is 0 Å². The van der Waals surface area contributed by atoms with Gasteiger partial charge in [-0.1, -0.05) is 11.8 Å². The summed E-state index contributed by atoms with van der Waals surface area (Å²) in [6.45, 7) is 0. The van der Waals surface area contributed by atoms with Crippen molar-refractivity contribution in [3.8, 4) is 22.8 Å². The molecule has 140 valence electrons. The number of benzene rings is 1. The van der Waals surface area contributed by atoms with Gasteiger partial charge < -0.3 is 4.74 Å². The van der Waals surface area contributed by atoms with E-state index in [0.717, 1.165) is 40.2 Å². The van der Waals surface area contributed by atoms with Gasteiger partial charge in [0, 0.05) is 41.8 Å². The lowest BCUT2D eigenvalue weighted by Gasteiger charge is -2.11. The Hall–Kier alpha value is -3.19. The molecule has 0 aliphatic heterocycles. The first-order chi connectivity index (χ1) is 13.8. The Labute approximate surface area is 167 Å². The average molecular weight is 389 g/mol. The number of ether oxygens (including phenoxy) is 1. The highest BCUT2D eigenvalue weighted by atomic mass is 32.2. The zero-order valence-corrected chi connectivity index (χ0v) is 16.2. The summed E-state index contributed by atoms with van der Waals surface area (Å²) in [4.78, 5) is 8.17. The van der Waals surface area contributed by atoms with Crippen molar-refractivity contribution < 1.29 is 4.74 Å². The Bertz CT molecular complexity index is 1020. The summed E-state index contributed by atoms with van der Waals surface area (Å²) in [5.74, 6) is 2.50. The molecule has 3 heterocycles. The van der Waals surface area contributed by atoms with Crippen LogP contribution in [0, 0.1) is 0 Å². The van der Waals surface area contributed by atoms with Crippen LogP contribution in [-0.2, 0) is 6.42 Å². The molecule has 0 spiro atoms. The minimum absolute atomic E-state index is 0.791. The number of hydrogen-bond donors (Lipinski definition) is 0. The fraction of sp³-hybridized carbons (Fsp3) is 0.143. The summed E-state index contributed by atoms with van der Waals surface area (Å²) in [6.07, 6.45) is 8.10. The van der Waals surface area contributed by atoms with Crippen LogP contribution in [0.4, 0.5) is 0 Å². The molecule has 0 aliphatic carbocycles. The number of methoxy groups -OCH3 is 1. The van der Waals surface area contributed by atoms with Gasteiger partial charge in [-0.05, 0) is 60.5 Å². The Morgan fingerprint density at radius 1 is 0.857 bits per heavy atom. The van der Waals surface area contributed by atoms with Gasteiger partial charge in [0.1, 0.15) is 5.75 Å². The van der Waals surface area contributed by atoms with Crippen molar-refractivity contribution in [2.45, 2.75) is 11.6 Å². The Kier molecular flexibility index (Phi) is 5.63. The molecule has 0 bridgehead atoms. The standard InChI is InChI=1S/C21H19N5OS/c1-27-19-4-2-18(3-5-19)26-20(17-8-13-23-14-9-17)24-25-21(26)28-15-10-16-6-11-22-12-7-16/h2-9,11-14H,10,15H2,1H3. The molecule has 4 aromatic rings. The van der Waals surface area contributed by atoms with Gasteiger partial charge in [-0.25, -0.2) is 0 Å². The monoisotopic (exact) mass is 389 g/mol. The lowest BCUT2D eigenvalue weighted by atomic mass is 10.2. The second-order valence-corrected chi connectivity index (χ2v) is 7.09. The molecule has 0 saturated carbocycles. The summed E-state index contributed by atoms with van der Waals surface area (Å²) in [7, 11) is 1.66. The largest absolute Gasteiger partial charge is 0.497 e. The fourth-order valence-electron chi connectivity index (χ4n) is 2.83. The van der Waals surface area contributed by atoms with Gasteiger partial charge in [0.25, 0.3) is 0 Å². The molecule has 0 unspecified atom stereocenters. The highest BCUT2D eigenvalue weighted by Gasteiger charge is 2.16. The number of aryl methyl sites for hydroxylation is 1. The smallest absolute Gasteiger partial charge is 0.196 e. The summed E-state index contributed by atoms with van der Waals surface area (Å²) in [5.41, 5.74) is 3.22. The fourth-order valence-corrected chi connectivity index (χ4v) is 3.76. The lowest BCUT2D eigenvalue weighted by molar-refractivity contribution is 0.414. The van der Waals surface area contributed by atoms with Gasteiger partial charge in [0.2, 0.25) is 0 Å².